The van der Waals surface area contributed by atoms with Crippen LogP contribution in [0.15, 0.2) is 36.4 Å². The molecule has 0 bridgehead atoms. The Morgan fingerprint density at radius 2 is 1.38 bits per heavy atom. The van der Waals surface area contributed by atoms with Crippen LogP contribution < -0.4 is 9.47 Å². The lowest BCUT2D eigenvalue weighted by Gasteiger charge is -2.18. The molecule has 6 heteroatoms. The Kier molecular flexibility index (Phi) is 5.42. The lowest BCUT2D eigenvalue weighted by Crippen LogP contribution is -2.15. The van der Waals surface area contributed by atoms with Crippen molar-refractivity contribution in [2.45, 2.75) is 0 Å². The molecule has 0 amide bonds. The standard InChI is InChI=1S/C18H18O6/c1-21-13-10-12(11-8-6-5-7-9-11)14(17(19)23-3)15(16(13)22-2)18(20)24-4/h5-10H,1-4H3. The van der Waals surface area contributed by atoms with E-state index in [1.54, 1.807) is 6.07 Å². The number of hydrogen-bond acceptors (Lipinski definition) is 6. The lowest BCUT2D eigenvalue weighted by atomic mass is 9.93. The Morgan fingerprint density at radius 3 is 1.88 bits per heavy atom. The molecule has 0 saturated heterocycles. The molecule has 126 valence electrons. The molecular weight excluding hydrogens is 312 g/mol. The highest BCUT2D eigenvalue weighted by Crippen LogP contribution is 2.40. The number of carbonyl (C=O) groups excluding carboxylic acids is 2. The number of ether oxygens (including phenoxy) is 4. The van der Waals surface area contributed by atoms with E-state index in [9.17, 15) is 9.59 Å². The molecule has 0 radical (unpaired) electrons. The molecule has 0 unspecified atom stereocenters. The average molecular weight is 330 g/mol. The zero-order valence-corrected chi connectivity index (χ0v) is 13.9. The predicted molar refractivity (Wildman–Crippen MR) is 87.7 cm³/mol. The fourth-order valence-electron chi connectivity index (χ4n) is 2.45. The molecule has 0 aliphatic carbocycles. The number of rotatable bonds is 5. The molecule has 0 fully saturated rings. The van der Waals surface area contributed by atoms with E-state index in [1.165, 1.54) is 28.4 Å². The minimum Gasteiger partial charge on any atom is -0.493 e. The van der Waals surface area contributed by atoms with Crippen LogP contribution in [-0.4, -0.2) is 40.4 Å². The van der Waals surface area contributed by atoms with Gasteiger partial charge in [0.2, 0.25) is 0 Å². The molecule has 0 aliphatic heterocycles. The molecule has 6 nitrogen and oxygen atoms in total. The zero-order valence-electron chi connectivity index (χ0n) is 13.9. The first-order chi connectivity index (χ1) is 11.6. The van der Waals surface area contributed by atoms with Gasteiger partial charge < -0.3 is 18.9 Å². The number of esters is 2. The van der Waals surface area contributed by atoms with E-state index in [0.717, 1.165) is 5.56 Å². The summed E-state index contributed by atoms with van der Waals surface area (Å²) in [7, 11) is 5.30. The van der Waals surface area contributed by atoms with Crippen LogP contribution in [0.4, 0.5) is 0 Å². The topological polar surface area (TPSA) is 71.1 Å². The normalized spacial score (nSPS) is 10.0. The van der Waals surface area contributed by atoms with Gasteiger partial charge in [-0.1, -0.05) is 30.3 Å². The number of benzene rings is 2. The van der Waals surface area contributed by atoms with E-state index in [-0.39, 0.29) is 16.9 Å². The van der Waals surface area contributed by atoms with E-state index < -0.39 is 11.9 Å². The zero-order chi connectivity index (χ0) is 17.7. The molecule has 2 aromatic rings. The van der Waals surface area contributed by atoms with Crippen molar-refractivity contribution in [1.29, 1.82) is 0 Å². The van der Waals surface area contributed by atoms with Crippen LogP contribution in [0.25, 0.3) is 11.1 Å². The number of hydrogen-bond donors (Lipinski definition) is 0. The van der Waals surface area contributed by atoms with Gasteiger partial charge in [-0.25, -0.2) is 9.59 Å². The molecular formula is C18H18O6. The van der Waals surface area contributed by atoms with E-state index in [4.69, 9.17) is 18.9 Å². The minimum absolute atomic E-state index is 0.0370. The maximum atomic E-state index is 12.4. The third-order valence-electron chi connectivity index (χ3n) is 3.53. The second kappa shape index (κ2) is 7.50. The monoisotopic (exact) mass is 330 g/mol. The highest BCUT2D eigenvalue weighted by Gasteiger charge is 2.30. The quantitative estimate of drug-likeness (QED) is 0.785. The Balaban J connectivity index is 2.93. The minimum atomic E-state index is -0.719. The molecule has 0 aromatic heterocycles. The molecule has 2 aromatic carbocycles. The summed E-state index contributed by atoms with van der Waals surface area (Å²) in [6.45, 7) is 0. The summed E-state index contributed by atoms with van der Waals surface area (Å²) in [6.07, 6.45) is 0. The van der Waals surface area contributed by atoms with Crippen molar-refractivity contribution in [3.05, 3.63) is 47.5 Å². The summed E-state index contributed by atoms with van der Waals surface area (Å²) < 4.78 is 20.3. The maximum Gasteiger partial charge on any atom is 0.342 e. The van der Waals surface area contributed by atoms with Crippen molar-refractivity contribution in [2.75, 3.05) is 28.4 Å². The van der Waals surface area contributed by atoms with Gasteiger partial charge in [0.05, 0.1) is 34.0 Å². The van der Waals surface area contributed by atoms with Crippen molar-refractivity contribution >= 4 is 11.9 Å². The van der Waals surface area contributed by atoms with Gasteiger partial charge in [0.25, 0.3) is 0 Å². The van der Waals surface area contributed by atoms with Gasteiger partial charge in [-0.05, 0) is 11.6 Å². The van der Waals surface area contributed by atoms with Gasteiger partial charge in [-0.3, -0.25) is 0 Å². The molecule has 0 heterocycles. The van der Waals surface area contributed by atoms with Crippen LogP contribution in [-0.2, 0) is 9.47 Å². The molecule has 0 aliphatic rings. The molecule has 0 N–H and O–H groups in total. The second-order valence-corrected chi connectivity index (χ2v) is 4.76. The van der Waals surface area contributed by atoms with Gasteiger partial charge in [0.15, 0.2) is 11.5 Å². The summed E-state index contributed by atoms with van der Waals surface area (Å²) >= 11 is 0. The van der Waals surface area contributed by atoms with E-state index >= 15 is 0 Å². The molecule has 2 rings (SSSR count). The Morgan fingerprint density at radius 1 is 0.792 bits per heavy atom. The van der Waals surface area contributed by atoms with Crippen molar-refractivity contribution in [1.82, 2.24) is 0 Å². The van der Waals surface area contributed by atoms with Crippen LogP contribution in [0.5, 0.6) is 11.5 Å². The summed E-state index contributed by atoms with van der Waals surface area (Å²) in [5.41, 5.74) is 1.24. The third kappa shape index (κ3) is 3.03. The van der Waals surface area contributed by atoms with E-state index in [1.807, 2.05) is 30.3 Å². The predicted octanol–water partition coefficient (Wildman–Crippen LogP) is 2.94. The maximum absolute atomic E-state index is 12.4. The van der Waals surface area contributed by atoms with Gasteiger partial charge in [-0.2, -0.15) is 0 Å². The Hall–Kier alpha value is -3.02. The SMILES string of the molecule is COC(=O)c1c(-c2ccccc2)cc(OC)c(OC)c1C(=O)OC. The first-order valence-electron chi connectivity index (χ1n) is 7.10. The van der Waals surface area contributed by atoms with Gasteiger partial charge in [0.1, 0.15) is 5.56 Å². The summed E-state index contributed by atoms with van der Waals surface area (Å²) in [5, 5.41) is 0. The van der Waals surface area contributed by atoms with E-state index in [0.29, 0.717) is 11.3 Å². The summed E-state index contributed by atoms with van der Waals surface area (Å²) in [6, 6.07) is 10.8. The molecule has 0 atom stereocenters. The number of methoxy groups -OCH3 is 4. The first-order valence-corrected chi connectivity index (χ1v) is 7.10. The Bertz CT molecular complexity index is 752. The van der Waals surface area contributed by atoms with Crippen molar-refractivity contribution in [3.8, 4) is 22.6 Å². The fourth-order valence-corrected chi connectivity index (χ4v) is 2.45. The van der Waals surface area contributed by atoms with E-state index in [2.05, 4.69) is 0 Å². The summed E-state index contributed by atoms with van der Waals surface area (Å²) in [4.78, 5) is 24.7. The van der Waals surface area contributed by atoms with Crippen LogP contribution >= 0.6 is 0 Å². The molecule has 0 spiro atoms. The first kappa shape index (κ1) is 17.3. The second-order valence-electron chi connectivity index (χ2n) is 4.76. The van der Waals surface area contributed by atoms with Gasteiger partial charge in [0, 0.05) is 5.56 Å². The lowest BCUT2D eigenvalue weighted by molar-refractivity contribution is 0.0552. The van der Waals surface area contributed by atoms with Crippen molar-refractivity contribution in [2.24, 2.45) is 0 Å². The van der Waals surface area contributed by atoms with Crippen LogP contribution in [0.2, 0.25) is 0 Å². The van der Waals surface area contributed by atoms with Crippen molar-refractivity contribution in [3.63, 3.8) is 0 Å². The third-order valence-corrected chi connectivity index (χ3v) is 3.53. The average Bonchev–Trinajstić information content (AvgIpc) is 2.65. The Labute approximate surface area is 139 Å². The molecule has 24 heavy (non-hydrogen) atoms. The highest BCUT2D eigenvalue weighted by molar-refractivity contribution is 6.10. The smallest absolute Gasteiger partial charge is 0.342 e. The van der Waals surface area contributed by atoms with Crippen LogP contribution in [0, 0.1) is 0 Å². The van der Waals surface area contributed by atoms with Crippen LogP contribution in [0.1, 0.15) is 20.7 Å². The fraction of sp³-hybridized carbons (Fsp3) is 0.222. The largest absolute Gasteiger partial charge is 0.493 e. The van der Waals surface area contributed by atoms with Crippen molar-refractivity contribution < 1.29 is 28.5 Å². The van der Waals surface area contributed by atoms with Gasteiger partial charge >= 0.3 is 11.9 Å². The summed E-state index contributed by atoms with van der Waals surface area (Å²) in [5.74, 6) is -0.965. The van der Waals surface area contributed by atoms with Gasteiger partial charge in [-0.15, -0.1) is 0 Å². The highest BCUT2D eigenvalue weighted by atomic mass is 16.5. The number of carbonyl (C=O) groups is 2. The van der Waals surface area contributed by atoms with Crippen LogP contribution in [0.3, 0.4) is 0 Å². The molecule has 0 saturated carbocycles.